The van der Waals surface area contributed by atoms with Gasteiger partial charge in [0.2, 0.25) is 0 Å². The van der Waals surface area contributed by atoms with E-state index in [1.54, 1.807) is 6.08 Å². The fraction of sp³-hybridized carbons (Fsp3) is 0.727. The summed E-state index contributed by atoms with van der Waals surface area (Å²) in [5.41, 5.74) is -0.730. The molecule has 0 bridgehead atoms. The maximum atomic E-state index is 11.1. The summed E-state index contributed by atoms with van der Waals surface area (Å²) in [7, 11) is 0. The Morgan fingerprint density at radius 2 is 2.27 bits per heavy atom. The zero-order valence-corrected chi connectivity index (χ0v) is 12.7. The first kappa shape index (κ1) is 15.8. The van der Waals surface area contributed by atoms with Crippen LogP contribution in [-0.4, -0.2) is 17.2 Å². The van der Waals surface area contributed by atoms with Crippen LogP contribution >= 0.6 is 0 Å². The second kappa shape index (κ2) is 7.19. The number of rotatable bonds is 2. The van der Waals surface area contributed by atoms with Gasteiger partial charge in [0.15, 0.2) is 0 Å². The summed E-state index contributed by atoms with van der Waals surface area (Å²) in [6.45, 7) is 1.87. The van der Waals surface area contributed by atoms with Gasteiger partial charge in [-0.1, -0.05) is 19.1 Å². The van der Waals surface area contributed by atoms with Crippen LogP contribution in [0, 0.1) is 5.41 Å². The molecule has 2 unspecified atom stereocenters. The van der Waals surface area contributed by atoms with Crippen LogP contribution in [0.25, 0.3) is 0 Å². The van der Waals surface area contributed by atoms with Crippen LogP contribution in [0.5, 0.6) is 0 Å². The minimum absolute atomic E-state index is 0. The normalized spacial score (nSPS) is 33.3. The molecular formula is C11H17KO3. The van der Waals surface area contributed by atoms with Gasteiger partial charge >= 0.3 is 51.4 Å². The van der Waals surface area contributed by atoms with E-state index in [0.717, 1.165) is 0 Å². The maximum absolute atomic E-state index is 11.1. The molecule has 1 aliphatic carbocycles. The third-order valence-corrected chi connectivity index (χ3v) is 3.18. The summed E-state index contributed by atoms with van der Waals surface area (Å²) in [4.78, 5) is 11.1. The molecule has 0 amide bonds. The summed E-state index contributed by atoms with van der Waals surface area (Å²) in [6.07, 6.45) is 6.03. The molecule has 15 heavy (non-hydrogen) atoms. The number of hydrogen-bond acceptors (Lipinski definition) is 3. The van der Waals surface area contributed by atoms with Crippen molar-refractivity contribution in [3.05, 3.63) is 12.2 Å². The fourth-order valence-electron chi connectivity index (χ4n) is 1.96. The van der Waals surface area contributed by atoms with Gasteiger partial charge < -0.3 is 15.0 Å². The molecule has 0 fully saturated rings. The second-order valence-corrected chi connectivity index (χ2v) is 3.99. The number of hydrogen-bond donors (Lipinski definition) is 1. The average Bonchev–Trinajstić information content (AvgIpc) is 2.13. The van der Waals surface area contributed by atoms with Crippen molar-refractivity contribution in [1.29, 1.82) is 0 Å². The topological polar surface area (TPSA) is 60.4 Å². The van der Waals surface area contributed by atoms with Gasteiger partial charge in [0.1, 0.15) is 0 Å². The van der Waals surface area contributed by atoms with Gasteiger partial charge in [-0.05, 0) is 32.1 Å². The maximum Gasteiger partial charge on any atom is 1.00 e. The zero-order valence-electron chi connectivity index (χ0n) is 9.53. The molecule has 0 spiro atoms. The third kappa shape index (κ3) is 4.28. The molecule has 0 aromatic rings. The molecule has 0 aromatic heterocycles. The quantitative estimate of drug-likeness (QED) is 0.430. The van der Waals surface area contributed by atoms with E-state index in [-0.39, 0.29) is 51.4 Å². The van der Waals surface area contributed by atoms with Gasteiger partial charge in [-0.15, -0.1) is 0 Å². The number of carboxylic acids is 1. The minimum Gasteiger partial charge on any atom is -0.550 e. The van der Waals surface area contributed by atoms with Gasteiger partial charge in [0.25, 0.3) is 0 Å². The standard InChI is InChI=1S/C11H18O3.K/c1-2-11(10(13)14)7-4-3-5-9(12)6-8-11;/h3,5,9,12H,2,4,6-8H2,1H3,(H,13,14);/q;+1/p-1/b5-3+;. The number of carbonyl (C=O) groups is 1. The molecule has 0 radical (unpaired) electrons. The van der Waals surface area contributed by atoms with Gasteiger partial charge in [0, 0.05) is 11.4 Å². The van der Waals surface area contributed by atoms with Gasteiger partial charge in [-0.25, -0.2) is 0 Å². The summed E-state index contributed by atoms with van der Waals surface area (Å²) in [6, 6.07) is 0. The minimum atomic E-state index is -0.970. The van der Waals surface area contributed by atoms with E-state index >= 15 is 0 Å². The van der Waals surface area contributed by atoms with Crippen molar-refractivity contribution < 1.29 is 66.4 Å². The molecule has 0 saturated carbocycles. The first-order valence-corrected chi connectivity index (χ1v) is 5.17. The summed E-state index contributed by atoms with van der Waals surface area (Å²) >= 11 is 0. The summed E-state index contributed by atoms with van der Waals surface area (Å²) < 4.78 is 0. The predicted molar refractivity (Wildman–Crippen MR) is 51.3 cm³/mol. The van der Waals surface area contributed by atoms with Gasteiger partial charge in [-0.2, -0.15) is 0 Å². The number of aliphatic hydroxyl groups is 1. The summed E-state index contributed by atoms with van der Waals surface area (Å²) in [5, 5.41) is 20.5. The first-order chi connectivity index (χ1) is 6.60. The van der Waals surface area contributed by atoms with E-state index in [1.807, 2.05) is 13.0 Å². The molecule has 0 saturated heterocycles. The van der Waals surface area contributed by atoms with Crippen LogP contribution in [0.3, 0.4) is 0 Å². The molecule has 0 heterocycles. The SMILES string of the molecule is CCC1(C(=O)[O-])CC/C=C/C(O)CC1.[K+]. The van der Waals surface area contributed by atoms with Crippen LogP contribution in [0.1, 0.15) is 39.0 Å². The molecule has 2 atom stereocenters. The number of carbonyl (C=O) groups excluding carboxylic acids is 1. The van der Waals surface area contributed by atoms with Crippen molar-refractivity contribution >= 4 is 5.97 Å². The van der Waals surface area contributed by atoms with Crippen LogP contribution in [0.4, 0.5) is 0 Å². The third-order valence-electron chi connectivity index (χ3n) is 3.18. The molecule has 1 rings (SSSR count). The number of allylic oxidation sites excluding steroid dienone is 1. The fourth-order valence-corrected chi connectivity index (χ4v) is 1.96. The van der Waals surface area contributed by atoms with E-state index in [4.69, 9.17) is 0 Å². The van der Waals surface area contributed by atoms with Crippen molar-refractivity contribution in [3.8, 4) is 0 Å². The van der Waals surface area contributed by atoms with Crippen LogP contribution < -0.4 is 56.5 Å². The molecular weight excluding hydrogens is 219 g/mol. The molecule has 1 N–H and O–H groups in total. The Labute approximate surface area is 133 Å². The van der Waals surface area contributed by atoms with Crippen molar-refractivity contribution in [1.82, 2.24) is 0 Å². The Bertz CT molecular complexity index is 240. The Morgan fingerprint density at radius 1 is 1.60 bits per heavy atom. The number of carboxylic acid groups (broad SMARTS) is 1. The van der Waals surface area contributed by atoms with Crippen LogP contribution in [0.15, 0.2) is 12.2 Å². The van der Waals surface area contributed by atoms with E-state index in [0.29, 0.717) is 32.1 Å². The zero-order chi connectivity index (χ0) is 10.6. The second-order valence-electron chi connectivity index (χ2n) is 3.99. The van der Waals surface area contributed by atoms with E-state index in [1.165, 1.54) is 0 Å². The molecule has 80 valence electrons. The van der Waals surface area contributed by atoms with Crippen LogP contribution in [-0.2, 0) is 4.79 Å². The molecule has 3 nitrogen and oxygen atoms in total. The van der Waals surface area contributed by atoms with E-state index < -0.39 is 17.5 Å². The predicted octanol–water partition coefficient (Wildman–Crippen LogP) is -2.37. The largest absolute Gasteiger partial charge is 1.00 e. The average molecular weight is 236 g/mol. The van der Waals surface area contributed by atoms with E-state index in [9.17, 15) is 15.0 Å². The van der Waals surface area contributed by atoms with Crippen molar-refractivity contribution in [2.75, 3.05) is 0 Å². The van der Waals surface area contributed by atoms with Crippen LogP contribution in [0.2, 0.25) is 0 Å². The Balaban J connectivity index is 0.00000196. The molecule has 1 aliphatic rings. The van der Waals surface area contributed by atoms with Crippen molar-refractivity contribution in [3.63, 3.8) is 0 Å². The Kier molecular flexibility index (Phi) is 7.58. The van der Waals surface area contributed by atoms with Crippen molar-refractivity contribution in [2.45, 2.75) is 45.1 Å². The molecule has 0 aliphatic heterocycles. The van der Waals surface area contributed by atoms with Gasteiger partial charge in [0.05, 0.1) is 6.10 Å². The molecule has 4 heteroatoms. The van der Waals surface area contributed by atoms with E-state index in [2.05, 4.69) is 0 Å². The smallest absolute Gasteiger partial charge is 0.550 e. The number of aliphatic hydroxyl groups excluding tert-OH is 1. The number of aliphatic carboxylic acids is 1. The Morgan fingerprint density at radius 3 is 2.80 bits per heavy atom. The first-order valence-electron chi connectivity index (χ1n) is 5.17. The Hall–Kier alpha value is 0.806. The van der Waals surface area contributed by atoms with Gasteiger partial charge in [-0.3, -0.25) is 0 Å². The monoisotopic (exact) mass is 236 g/mol. The molecule has 0 aromatic carbocycles. The van der Waals surface area contributed by atoms with Crippen molar-refractivity contribution in [2.24, 2.45) is 5.41 Å². The summed E-state index contributed by atoms with van der Waals surface area (Å²) in [5.74, 6) is -0.970.